The van der Waals surface area contributed by atoms with Crippen LogP contribution < -0.4 is 5.32 Å². The fourth-order valence-corrected chi connectivity index (χ4v) is 2.69. The summed E-state index contributed by atoms with van der Waals surface area (Å²) in [5.74, 6) is -0.188. The van der Waals surface area contributed by atoms with E-state index in [2.05, 4.69) is 17.5 Å². The maximum absolute atomic E-state index is 12.7. The molecule has 1 amide bonds. The summed E-state index contributed by atoms with van der Waals surface area (Å²) in [6.45, 7) is 0.343. The predicted molar refractivity (Wildman–Crippen MR) is 98.9 cm³/mol. The Kier molecular flexibility index (Phi) is 5.08. The van der Waals surface area contributed by atoms with Gasteiger partial charge in [-0.3, -0.25) is 4.79 Å². The number of nitriles is 2. The lowest BCUT2D eigenvalue weighted by atomic mass is 9.98. The summed E-state index contributed by atoms with van der Waals surface area (Å²) in [6.07, 6.45) is 0. The van der Waals surface area contributed by atoms with Crippen molar-refractivity contribution >= 4 is 5.91 Å². The maximum Gasteiger partial charge on any atom is 0.252 e. The molecule has 0 bridgehead atoms. The zero-order valence-corrected chi connectivity index (χ0v) is 13.9. The van der Waals surface area contributed by atoms with Crippen molar-refractivity contribution in [2.24, 2.45) is 0 Å². The highest BCUT2D eigenvalue weighted by atomic mass is 16.1. The molecule has 0 spiro atoms. The first kappa shape index (κ1) is 17.0. The van der Waals surface area contributed by atoms with Gasteiger partial charge in [0, 0.05) is 12.1 Å². The Hall–Kier alpha value is -3.89. The van der Waals surface area contributed by atoms with Crippen LogP contribution in [0.25, 0.3) is 11.1 Å². The van der Waals surface area contributed by atoms with E-state index in [0.717, 1.165) is 16.7 Å². The van der Waals surface area contributed by atoms with Crippen LogP contribution in [0.3, 0.4) is 0 Å². The summed E-state index contributed by atoms with van der Waals surface area (Å²) in [5.41, 5.74) is 4.26. The Morgan fingerprint density at radius 3 is 2.31 bits per heavy atom. The summed E-state index contributed by atoms with van der Waals surface area (Å²) in [7, 11) is 0. The smallest absolute Gasteiger partial charge is 0.252 e. The van der Waals surface area contributed by atoms with Gasteiger partial charge in [-0.25, -0.2) is 0 Å². The second kappa shape index (κ2) is 7.79. The van der Waals surface area contributed by atoms with Crippen molar-refractivity contribution in [3.8, 4) is 23.3 Å². The Bertz CT molecular complexity index is 1020. The first-order valence-corrected chi connectivity index (χ1v) is 8.08. The van der Waals surface area contributed by atoms with Crippen molar-refractivity contribution in [3.63, 3.8) is 0 Å². The van der Waals surface area contributed by atoms with Crippen LogP contribution in [0.4, 0.5) is 0 Å². The fourth-order valence-electron chi connectivity index (χ4n) is 2.69. The minimum atomic E-state index is -0.188. The van der Waals surface area contributed by atoms with Gasteiger partial charge in [-0.2, -0.15) is 10.5 Å². The lowest BCUT2D eigenvalue weighted by Crippen LogP contribution is -2.23. The number of amides is 1. The third-order valence-corrected chi connectivity index (χ3v) is 4.01. The highest BCUT2D eigenvalue weighted by Gasteiger charge is 2.12. The van der Waals surface area contributed by atoms with Crippen LogP contribution in [-0.2, 0) is 6.54 Å². The summed E-state index contributed by atoms with van der Waals surface area (Å²) in [4.78, 5) is 12.7. The molecule has 0 aliphatic heterocycles. The van der Waals surface area contributed by atoms with E-state index >= 15 is 0 Å². The van der Waals surface area contributed by atoms with Gasteiger partial charge in [0.2, 0.25) is 0 Å². The number of nitrogens with one attached hydrogen (secondary N) is 1. The van der Waals surface area contributed by atoms with Gasteiger partial charge in [-0.15, -0.1) is 0 Å². The molecule has 1 N–H and O–H groups in total. The molecule has 0 atom stereocenters. The van der Waals surface area contributed by atoms with Crippen molar-refractivity contribution in [2.45, 2.75) is 6.54 Å². The van der Waals surface area contributed by atoms with Crippen LogP contribution in [0.1, 0.15) is 27.0 Å². The summed E-state index contributed by atoms with van der Waals surface area (Å²) in [6, 6.07) is 25.8. The first-order chi connectivity index (χ1) is 12.7. The molecule has 0 unspecified atom stereocenters. The zero-order valence-electron chi connectivity index (χ0n) is 13.9. The first-order valence-electron chi connectivity index (χ1n) is 8.08. The molecule has 0 saturated carbocycles. The molecule has 26 heavy (non-hydrogen) atoms. The molecule has 0 aliphatic carbocycles. The van der Waals surface area contributed by atoms with E-state index in [1.54, 1.807) is 36.4 Å². The summed E-state index contributed by atoms with van der Waals surface area (Å²) < 4.78 is 0. The molecule has 0 aromatic heterocycles. The molecule has 0 aliphatic rings. The minimum absolute atomic E-state index is 0.188. The molecule has 4 heteroatoms. The minimum Gasteiger partial charge on any atom is -0.348 e. The fraction of sp³-hybridized carbons (Fsp3) is 0.0455. The predicted octanol–water partition coefficient (Wildman–Crippen LogP) is 4.03. The molecule has 3 aromatic carbocycles. The number of hydrogen-bond donors (Lipinski definition) is 1. The third kappa shape index (κ3) is 3.77. The highest BCUT2D eigenvalue weighted by molar-refractivity contribution is 6.00. The molecule has 3 aromatic rings. The molecule has 0 heterocycles. The molecular formula is C22H15N3O. The van der Waals surface area contributed by atoms with E-state index in [0.29, 0.717) is 23.2 Å². The number of rotatable bonds is 4. The average molecular weight is 337 g/mol. The van der Waals surface area contributed by atoms with Crippen LogP contribution >= 0.6 is 0 Å². The van der Waals surface area contributed by atoms with E-state index in [-0.39, 0.29) is 5.91 Å². The molecule has 124 valence electrons. The van der Waals surface area contributed by atoms with Gasteiger partial charge in [0.05, 0.1) is 23.3 Å². The van der Waals surface area contributed by atoms with Gasteiger partial charge in [0.15, 0.2) is 0 Å². The Morgan fingerprint density at radius 2 is 1.58 bits per heavy atom. The van der Waals surface area contributed by atoms with E-state index in [4.69, 9.17) is 10.5 Å². The Labute approximate surface area is 152 Å². The maximum atomic E-state index is 12.7. The lowest BCUT2D eigenvalue weighted by Gasteiger charge is -2.11. The van der Waals surface area contributed by atoms with Crippen molar-refractivity contribution in [2.75, 3.05) is 0 Å². The van der Waals surface area contributed by atoms with Crippen molar-refractivity contribution in [1.29, 1.82) is 10.5 Å². The normalized spacial score (nSPS) is 9.77. The molecule has 0 radical (unpaired) electrons. The molecule has 0 saturated heterocycles. The number of carbonyl (C=O) groups excluding carboxylic acids is 1. The monoisotopic (exact) mass is 337 g/mol. The standard InChI is InChI=1S/C22H15N3O/c23-13-16-8-10-19(11-9-16)20-6-1-2-7-21(20)22(26)25-15-18-5-3-4-17(12-18)14-24/h1-12H,15H2,(H,25,26). The second-order valence-electron chi connectivity index (χ2n) is 5.73. The zero-order chi connectivity index (χ0) is 18.4. The van der Waals surface area contributed by atoms with Crippen molar-refractivity contribution in [3.05, 3.63) is 95.1 Å². The van der Waals surface area contributed by atoms with Crippen molar-refractivity contribution < 1.29 is 4.79 Å². The molecule has 3 rings (SSSR count). The quantitative estimate of drug-likeness (QED) is 0.781. The molecule has 0 fully saturated rings. The molecule has 4 nitrogen and oxygen atoms in total. The Balaban J connectivity index is 1.81. The highest BCUT2D eigenvalue weighted by Crippen LogP contribution is 2.24. The summed E-state index contributed by atoms with van der Waals surface area (Å²) in [5, 5.41) is 20.8. The SMILES string of the molecule is N#Cc1ccc(-c2ccccc2C(=O)NCc2cccc(C#N)c2)cc1. The van der Waals surface area contributed by atoms with E-state index < -0.39 is 0 Å². The topological polar surface area (TPSA) is 76.7 Å². The average Bonchev–Trinajstić information content (AvgIpc) is 2.72. The van der Waals surface area contributed by atoms with Gasteiger partial charge >= 0.3 is 0 Å². The van der Waals surface area contributed by atoms with E-state index in [1.165, 1.54) is 0 Å². The van der Waals surface area contributed by atoms with Gasteiger partial charge < -0.3 is 5.32 Å². The number of hydrogen-bond acceptors (Lipinski definition) is 3. The summed E-state index contributed by atoms with van der Waals surface area (Å²) >= 11 is 0. The van der Waals surface area contributed by atoms with Gasteiger partial charge in [0.1, 0.15) is 0 Å². The number of benzene rings is 3. The van der Waals surface area contributed by atoms with E-state index in [9.17, 15) is 4.79 Å². The largest absolute Gasteiger partial charge is 0.348 e. The number of nitrogens with zero attached hydrogens (tertiary/aromatic N) is 2. The van der Waals surface area contributed by atoms with Crippen LogP contribution in [0.2, 0.25) is 0 Å². The Morgan fingerprint density at radius 1 is 0.846 bits per heavy atom. The second-order valence-corrected chi connectivity index (χ2v) is 5.73. The van der Waals surface area contributed by atoms with Crippen LogP contribution in [-0.4, -0.2) is 5.91 Å². The van der Waals surface area contributed by atoms with Gasteiger partial charge in [0.25, 0.3) is 5.91 Å². The van der Waals surface area contributed by atoms with Gasteiger partial charge in [-0.05, 0) is 47.0 Å². The lowest BCUT2D eigenvalue weighted by molar-refractivity contribution is 0.0951. The van der Waals surface area contributed by atoms with Crippen LogP contribution in [0.5, 0.6) is 0 Å². The van der Waals surface area contributed by atoms with Crippen molar-refractivity contribution in [1.82, 2.24) is 5.32 Å². The van der Waals surface area contributed by atoms with Gasteiger partial charge in [-0.1, -0.05) is 42.5 Å². The van der Waals surface area contributed by atoms with Crippen LogP contribution in [0, 0.1) is 22.7 Å². The van der Waals surface area contributed by atoms with Crippen LogP contribution in [0.15, 0.2) is 72.8 Å². The third-order valence-electron chi connectivity index (χ3n) is 4.01. The molecular weight excluding hydrogens is 322 g/mol. The van der Waals surface area contributed by atoms with E-state index in [1.807, 2.05) is 36.4 Å². The number of carbonyl (C=O) groups is 1.